The van der Waals surface area contributed by atoms with Crippen molar-refractivity contribution in [3.63, 3.8) is 0 Å². The zero-order valence-electron chi connectivity index (χ0n) is 7.70. The summed E-state index contributed by atoms with van der Waals surface area (Å²) in [4.78, 5) is 0. The molecule has 0 aromatic carbocycles. The van der Waals surface area contributed by atoms with Crippen molar-refractivity contribution in [3.8, 4) is 0 Å². The average molecular weight is 208 g/mol. The Labute approximate surface area is 84.9 Å². The number of β-amino-alcohol motifs (C(OH)–C–C–N with tert-alkyl or cyclic N) is 1. The third-order valence-corrected chi connectivity index (χ3v) is 3.29. The van der Waals surface area contributed by atoms with E-state index in [1.165, 1.54) is 12.8 Å². The Kier molecular flexibility index (Phi) is 3.57. The number of nitrogens with one attached hydrogen (secondary N) is 1. The van der Waals surface area contributed by atoms with Gasteiger partial charge in [0.05, 0.1) is 12.2 Å². The molecule has 1 heterocycles. The smallest absolute Gasteiger partial charge is 0.0923 e. The summed E-state index contributed by atoms with van der Waals surface area (Å²) in [6, 6.07) is 0. The van der Waals surface area contributed by atoms with E-state index >= 15 is 0 Å². The largest absolute Gasteiger partial charge is 0.390 e. The van der Waals surface area contributed by atoms with Crippen LogP contribution in [-0.2, 0) is 0 Å². The molecule has 2 aliphatic rings. The Bertz CT molecular complexity index is 171. The van der Waals surface area contributed by atoms with Crippen LogP contribution in [0.15, 0.2) is 0 Å². The first-order valence-corrected chi connectivity index (χ1v) is 4.83. The molecule has 3 nitrogen and oxygen atoms in total. The lowest BCUT2D eigenvalue weighted by Crippen LogP contribution is -2.57. The van der Waals surface area contributed by atoms with E-state index in [9.17, 15) is 10.2 Å². The summed E-state index contributed by atoms with van der Waals surface area (Å²) in [5, 5.41) is 22.2. The molecule has 78 valence electrons. The summed E-state index contributed by atoms with van der Waals surface area (Å²) >= 11 is 0. The molecule has 1 saturated carbocycles. The second-order valence-electron chi connectivity index (χ2n) is 4.21. The molecule has 2 atom stereocenters. The summed E-state index contributed by atoms with van der Waals surface area (Å²) in [5.41, 5.74) is 0.165. The van der Waals surface area contributed by atoms with Gasteiger partial charge in [0.25, 0.3) is 0 Å². The van der Waals surface area contributed by atoms with Crippen LogP contribution in [0.3, 0.4) is 0 Å². The van der Waals surface area contributed by atoms with Crippen LogP contribution in [0, 0.1) is 0 Å². The Hall–Kier alpha value is 0.170. The molecule has 0 aromatic heterocycles. The van der Waals surface area contributed by atoms with Crippen molar-refractivity contribution in [2.24, 2.45) is 0 Å². The molecule has 1 spiro atoms. The maximum absolute atomic E-state index is 9.51. The van der Waals surface area contributed by atoms with Gasteiger partial charge >= 0.3 is 0 Å². The van der Waals surface area contributed by atoms with Crippen LogP contribution in [-0.4, -0.2) is 34.5 Å². The third-order valence-electron chi connectivity index (χ3n) is 3.29. The molecule has 13 heavy (non-hydrogen) atoms. The van der Waals surface area contributed by atoms with Gasteiger partial charge in [-0.25, -0.2) is 0 Å². The first-order chi connectivity index (χ1) is 5.72. The number of aliphatic hydroxyl groups excluding tert-OH is 2. The normalized spacial score (nSPS) is 37.4. The van der Waals surface area contributed by atoms with E-state index in [0.29, 0.717) is 6.54 Å². The molecule has 0 radical (unpaired) electrons. The van der Waals surface area contributed by atoms with Gasteiger partial charge in [0.15, 0.2) is 0 Å². The highest BCUT2D eigenvalue weighted by molar-refractivity contribution is 5.85. The van der Waals surface area contributed by atoms with Crippen molar-refractivity contribution in [3.05, 3.63) is 0 Å². The highest BCUT2D eigenvalue weighted by Gasteiger charge is 2.40. The quantitative estimate of drug-likeness (QED) is 0.540. The van der Waals surface area contributed by atoms with E-state index in [0.717, 1.165) is 19.3 Å². The fourth-order valence-corrected chi connectivity index (χ4v) is 2.50. The van der Waals surface area contributed by atoms with Gasteiger partial charge in [-0.15, -0.1) is 12.4 Å². The molecule has 4 heteroatoms. The highest BCUT2D eigenvalue weighted by Crippen LogP contribution is 2.35. The topological polar surface area (TPSA) is 52.5 Å². The van der Waals surface area contributed by atoms with E-state index in [1.54, 1.807) is 0 Å². The van der Waals surface area contributed by atoms with Crippen LogP contribution in [0.1, 0.15) is 32.1 Å². The monoisotopic (exact) mass is 207 g/mol. The van der Waals surface area contributed by atoms with Crippen LogP contribution in [0.5, 0.6) is 0 Å². The van der Waals surface area contributed by atoms with Crippen molar-refractivity contribution in [1.29, 1.82) is 0 Å². The van der Waals surface area contributed by atoms with Gasteiger partial charge in [-0.05, 0) is 19.3 Å². The van der Waals surface area contributed by atoms with Crippen molar-refractivity contribution in [2.75, 3.05) is 6.54 Å². The minimum absolute atomic E-state index is 0. The van der Waals surface area contributed by atoms with Gasteiger partial charge in [-0.2, -0.15) is 0 Å². The molecule has 0 bridgehead atoms. The van der Waals surface area contributed by atoms with Crippen molar-refractivity contribution in [1.82, 2.24) is 5.32 Å². The average Bonchev–Trinajstić information content (AvgIpc) is 2.47. The van der Waals surface area contributed by atoms with Crippen LogP contribution in [0.2, 0.25) is 0 Å². The number of rotatable bonds is 0. The van der Waals surface area contributed by atoms with Gasteiger partial charge in [-0.1, -0.05) is 12.8 Å². The second kappa shape index (κ2) is 4.13. The lowest BCUT2D eigenvalue weighted by Gasteiger charge is -2.39. The fourth-order valence-electron chi connectivity index (χ4n) is 2.50. The molecule has 0 unspecified atom stereocenters. The van der Waals surface area contributed by atoms with Crippen molar-refractivity contribution in [2.45, 2.75) is 49.9 Å². The second-order valence-corrected chi connectivity index (χ2v) is 4.21. The maximum atomic E-state index is 9.51. The van der Waals surface area contributed by atoms with Crippen molar-refractivity contribution < 1.29 is 10.2 Å². The van der Waals surface area contributed by atoms with Crippen LogP contribution in [0.4, 0.5) is 0 Å². The minimum Gasteiger partial charge on any atom is -0.390 e. The van der Waals surface area contributed by atoms with Gasteiger partial charge in [0, 0.05) is 12.1 Å². The van der Waals surface area contributed by atoms with Crippen LogP contribution >= 0.6 is 12.4 Å². The van der Waals surface area contributed by atoms with E-state index < -0.39 is 12.2 Å². The van der Waals surface area contributed by atoms with Gasteiger partial charge in [-0.3, -0.25) is 0 Å². The standard InChI is InChI=1S/C9H17NO2.ClH/c11-7-5-9(3-1-2-4-9)10-6-8(7)12;/h7-8,10-12H,1-6H2;1H/t7-,8+;/m1./s1. The first-order valence-electron chi connectivity index (χ1n) is 4.83. The Balaban J connectivity index is 0.000000845. The molecule has 3 N–H and O–H groups in total. The molecule has 1 saturated heterocycles. The van der Waals surface area contributed by atoms with E-state index in [1.807, 2.05) is 0 Å². The molecular formula is C9H18ClNO2. The summed E-state index contributed by atoms with van der Waals surface area (Å²) in [6.07, 6.45) is 4.51. The number of hydrogen-bond donors (Lipinski definition) is 3. The lowest BCUT2D eigenvalue weighted by molar-refractivity contribution is -0.0320. The summed E-state index contributed by atoms with van der Waals surface area (Å²) in [6.45, 7) is 0.557. The Morgan fingerprint density at radius 1 is 1.08 bits per heavy atom. The lowest BCUT2D eigenvalue weighted by atomic mass is 9.85. The number of halogens is 1. The summed E-state index contributed by atoms with van der Waals surface area (Å²) < 4.78 is 0. The summed E-state index contributed by atoms with van der Waals surface area (Å²) in [7, 11) is 0. The third kappa shape index (κ3) is 2.15. The molecule has 2 rings (SSSR count). The zero-order chi connectivity index (χ0) is 8.60. The van der Waals surface area contributed by atoms with E-state index in [2.05, 4.69) is 5.32 Å². The van der Waals surface area contributed by atoms with Crippen LogP contribution in [0.25, 0.3) is 0 Å². The fraction of sp³-hybridized carbons (Fsp3) is 1.00. The Morgan fingerprint density at radius 3 is 2.23 bits per heavy atom. The number of aliphatic hydroxyl groups is 2. The number of hydrogen-bond acceptors (Lipinski definition) is 3. The molecule has 0 aromatic rings. The molecular weight excluding hydrogens is 190 g/mol. The molecule has 1 aliphatic carbocycles. The first kappa shape index (κ1) is 11.2. The van der Waals surface area contributed by atoms with Gasteiger partial charge in [0.2, 0.25) is 0 Å². The molecule has 0 amide bonds. The highest BCUT2D eigenvalue weighted by atomic mass is 35.5. The number of piperidine rings is 1. The minimum atomic E-state index is -0.559. The van der Waals surface area contributed by atoms with Crippen molar-refractivity contribution >= 4 is 12.4 Å². The molecule has 1 aliphatic heterocycles. The zero-order valence-corrected chi connectivity index (χ0v) is 8.52. The Morgan fingerprint density at radius 2 is 1.69 bits per heavy atom. The predicted molar refractivity (Wildman–Crippen MR) is 53.1 cm³/mol. The van der Waals surface area contributed by atoms with Crippen LogP contribution < -0.4 is 5.32 Å². The predicted octanol–water partition coefficient (Wildman–Crippen LogP) is 0.436. The van der Waals surface area contributed by atoms with E-state index in [-0.39, 0.29) is 17.9 Å². The maximum Gasteiger partial charge on any atom is 0.0923 e. The summed E-state index contributed by atoms with van der Waals surface area (Å²) in [5.74, 6) is 0. The van der Waals surface area contributed by atoms with E-state index in [4.69, 9.17) is 0 Å². The van der Waals surface area contributed by atoms with Gasteiger partial charge in [0.1, 0.15) is 0 Å². The SMILES string of the molecule is Cl.O[C@@H]1CC2(CCCC2)NC[C@@H]1O. The van der Waals surface area contributed by atoms with Gasteiger partial charge < -0.3 is 15.5 Å². The molecule has 2 fully saturated rings.